The molecule has 0 saturated heterocycles. The number of aryl methyl sites for hydroxylation is 2. The van der Waals surface area contributed by atoms with Gasteiger partial charge in [0.15, 0.2) is 17.1 Å². The van der Waals surface area contributed by atoms with Gasteiger partial charge in [0, 0.05) is 41.1 Å². The molecule has 0 spiro atoms. The van der Waals surface area contributed by atoms with Gasteiger partial charge in [-0.2, -0.15) is 0 Å². The van der Waals surface area contributed by atoms with E-state index < -0.39 is 0 Å². The third-order valence-corrected chi connectivity index (χ3v) is 6.44. The highest BCUT2D eigenvalue weighted by molar-refractivity contribution is 6.41. The van der Waals surface area contributed by atoms with Gasteiger partial charge in [0.2, 0.25) is 0 Å². The van der Waals surface area contributed by atoms with Crippen LogP contribution in [0.3, 0.4) is 0 Å². The van der Waals surface area contributed by atoms with Crippen LogP contribution in [0.2, 0.25) is 0 Å². The molecule has 0 fully saturated rings. The first-order valence-corrected chi connectivity index (χ1v) is 11.1. The van der Waals surface area contributed by atoms with Crippen molar-refractivity contribution in [3.63, 3.8) is 0 Å². The highest BCUT2D eigenvalue weighted by atomic mass is 16.3. The standard InChI is InChI=1S/C29H21NO3/c1-3-30-19(14-24-28(31)22-12-11-17(2)13-23(22)29(24)32)15-27-25(30)16-26(33-27)21-10-6-8-18-7-4-5-9-20(18)21/h4-16H,3H2,1-2H3/b24-14-. The number of Topliss-reactive ketones (excluding diaryl/α,β-unsaturated/α-hetero) is 2. The smallest absolute Gasteiger partial charge is 0.197 e. The lowest BCUT2D eigenvalue weighted by atomic mass is 10.0. The number of nitrogens with zero attached hydrogens (tertiary/aromatic N) is 1. The van der Waals surface area contributed by atoms with Crippen molar-refractivity contribution in [1.29, 1.82) is 0 Å². The van der Waals surface area contributed by atoms with E-state index in [9.17, 15) is 9.59 Å². The van der Waals surface area contributed by atoms with Gasteiger partial charge in [-0.05, 0) is 36.8 Å². The van der Waals surface area contributed by atoms with Crippen molar-refractivity contribution >= 4 is 39.5 Å². The van der Waals surface area contributed by atoms with E-state index in [0.29, 0.717) is 17.7 Å². The second-order valence-corrected chi connectivity index (χ2v) is 8.47. The average Bonchev–Trinajstić information content (AvgIpc) is 3.44. The summed E-state index contributed by atoms with van der Waals surface area (Å²) in [4.78, 5) is 25.9. The number of hydrogen-bond donors (Lipinski definition) is 0. The molecule has 160 valence electrons. The van der Waals surface area contributed by atoms with Crippen molar-refractivity contribution in [3.05, 3.63) is 101 Å². The van der Waals surface area contributed by atoms with Gasteiger partial charge in [-0.1, -0.05) is 60.2 Å². The molecule has 2 heterocycles. The largest absolute Gasteiger partial charge is 0.454 e. The maximum Gasteiger partial charge on any atom is 0.197 e. The number of allylic oxidation sites excluding steroid dienone is 1. The minimum Gasteiger partial charge on any atom is -0.454 e. The predicted molar refractivity (Wildman–Crippen MR) is 131 cm³/mol. The van der Waals surface area contributed by atoms with Gasteiger partial charge in [0.1, 0.15) is 5.76 Å². The van der Waals surface area contributed by atoms with E-state index in [1.807, 2.05) is 50.2 Å². The molecular formula is C29H21NO3. The number of aromatic nitrogens is 1. The Morgan fingerprint density at radius 2 is 1.64 bits per heavy atom. The summed E-state index contributed by atoms with van der Waals surface area (Å²) in [6, 6.07) is 23.8. The Morgan fingerprint density at radius 3 is 2.48 bits per heavy atom. The zero-order valence-corrected chi connectivity index (χ0v) is 18.4. The lowest BCUT2D eigenvalue weighted by Crippen LogP contribution is -2.03. The molecule has 3 aromatic carbocycles. The second kappa shape index (κ2) is 7.17. The van der Waals surface area contributed by atoms with Crippen LogP contribution in [0.15, 0.2) is 82.8 Å². The summed E-state index contributed by atoms with van der Waals surface area (Å²) >= 11 is 0. The van der Waals surface area contributed by atoms with Gasteiger partial charge >= 0.3 is 0 Å². The van der Waals surface area contributed by atoms with Gasteiger partial charge in [-0.15, -0.1) is 0 Å². The average molecular weight is 431 g/mol. The van der Waals surface area contributed by atoms with Gasteiger partial charge in [0.05, 0.1) is 11.1 Å². The molecule has 0 atom stereocenters. The molecule has 4 nitrogen and oxygen atoms in total. The Labute approximate surface area is 190 Å². The molecule has 2 aromatic heterocycles. The summed E-state index contributed by atoms with van der Waals surface area (Å²) in [7, 11) is 0. The van der Waals surface area contributed by atoms with Crippen LogP contribution in [0.1, 0.15) is 38.9 Å². The van der Waals surface area contributed by atoms with Gasteiger partial charge in [0.25, 0.3) is 0 Å². The van der Waals surface area contributed by atoms with E-state index >= 15 is 0 Å². The monoisotopic (exact) mass is 431 g/mol. The molecule has 6 rings (SSSR count). The van der Waals surface area contributed by atoms with Crippen LogP contribution >= 0.6 is 0 Å². The maximum absolute atomic E-state index is 13.0. The summed E-state index contributed by atoms with van der Waals surface area (Å²) in [5.74, 6) is 0.372. The fourth-order valence-corrected chi connectivity index (χ4v) is 4.82. The first-order valence-electron chi connectivity index (χ1n) is 11.1. The van der Waals surface area contributed by atoms with Gasteiger partial charge < -0.3 is 8.98 Å². The number of furan rings is 1. The summed E-state index contributed by atoms with van der Waals surface area (Å²) in [6.45, 7) is 4.65. The van der Waals surface area contributed by atoms with E-state index in [-0.39, 0.29) is 17.1 Å². The molecule has 0 radical (unpaired) electrons. The van der Waals surface area contributed by atoms with Crippen LogP contribution in [0.4, 0.5) is 0 Å². The van der Waals surface area contributed by atoms with Crippen LogP contribution in [0, 0.1) is 6.92 Å². The first-order chi connectivity index (χ1) is 16.0. The third-order valence-electron chi connectivity index (χ3n) is 6.44. The fraction of sp³-hybridized carbons (Fsp3) is 0.103. The SMILES string of the molecule is CCn1c(/C=C2/C(=O)c3ccc(C)cc3C2=O)cc2oc(-c3cccc4ccccc34)cc21. The molecule has 5 aromatic rings. The Morgan fingerprint density at radius 1 is 0.848 bits per heavy atom. The Hall–Kier alpha value is -4.18. The van der Waals surface area contributed by atoms with Crippen molar-refractivity contribution in [2.24, 2.45) is 0 Å². The highest BCUT2D eigenvalue weighted by Crippen LogP contribution is 2.36. The molecule has 1 aliphatic carbocycles. The molecule has 4 heteroatoms. The van der Waals surface area contributed by atoms with Crippen LogP contribution < -0.4 is 0 Å². The summed E-state index contributed by atoms with van der Waals surface area (Å²) in [5, 5.41) is 2.30. The van der Waals surface area contributed by atoms with Crippen LogP contribution in [0.5, 0.6) is 0 Å². The quantitative estimate of drug-likeness (QED) is 0.232. The third kappa shape index (κ3) is 2.91. The normalized spacial score (nSPS) is 14.7. The van der Waals surface area contributed by atoms with E-state index in [0.717, 1.165) is 44.5 Å². The van der Waals surface area contributed by atoms with Crippen molar-refractivity contribution in [2.45, 2.75) is 20.4 Å². The van der Waals surface area contributed by atoms with Crippen molar-refractivity contribution in [3.8, 4) is 11.3 Å². The lowest BCUT2D eigenvalue weighted by molar-refractivity contribution is 0.0990. The number of benzene rings is 3. The van der Waals surface area contributed by atoms with E-state index in [1.54, 1.807) is 18.2 Å². The zero-order chi connectivity index (χ0) is 22.7. The molecule has 0 bridgehead atoms. The molecule has 0 saturated carbocycles. The molecule has 0 unspecified atom stereocenters. The van der Waals surface area contributed by atoms with Crippen LogP contribution in [-0.2, 0) is 6.54 Å². The molecule has 0 N–H and O–H groups in total. The molecular weight excluding hydrogens is 410 g/mol. The number of ketones is 2. The van der Waals surface area contributed by atoms with Crippen molar-refractivity contribution in [1.82, 2.24) is 4.57 Å². The minimum absolute atomic E-state index is 0.208. The topological polar surface area (TPSA) is 52.2 Å². The van der Waals surface area contributed by atoms with Gasteiger partial charge in [-0.3, -0.25) is 9.59 Å². The number of hydrogen-bond acceptors (Lipinski definition) is 3. The summed E-state index contributed by atoms with van der Waals surface area (Å²) in [6.07, 6.45) is 1.70. The van der Waals surface area contributed by atoms with Crippen molar-refractivity contribution < 1.29 is 14.0 Å². The van der Waals surface area contributed by atoms with Crippen LogP contribution in [-0.4, -0.2) is 16.1 Å². The first kappa shape index (κ1) is 19.5. The number of fused-ring (bicyclic) bond motifs is 3. The van der Waals surface area contributed by atoms with Crippen molar-refractivity contribution in [2.75, 3.05) is 0 Å². The lowest BCUT2D eigenvalue weighted by Gasteiger charge is -2.05. The summed E-state index contributed by atoms with van der Waals surface area (Å²) in [5.41, 5.74) is 5.65. The summed E-state index contributed by atoms with van der Waals surface area (Å²) < 4.78 is 8.34. The minimum atomic E-state index is -0.216. The number of rotatable bonds is 3. The Bertz CT molecular complexity index is 1640. The Kier molecular flexibility index (Phi) is 4.24. The zero-order valence-electron chi connectivity index (χ0n) is 18.4. The highest BCUT2D eigenvalue weighted by Gasteiger charge is 2.33. The number of carbonyl (C=O) groups excluding carboxylic acids is 2. The number of carbonyl (C=O) groups is 2. The van der Waals surface area contributed by atoms with Gasteiger partial charge in [-0.25, -0.2) is 0 Å². The maximum atomic E-state index is 13.0. The van der Waals surface area contributed by atoms with E-state index in [2.05, 4.69) is 28.8 Å². The van der Waals surface area contributed by atoms with Crippen LogP contribution in [0.25, 0.3) is 39.3 Å². The fourth-order valence-electron chi connectivity index (χ4n) is 4.82. The van der Waals surface area contributed by atoms with E-state index in [4.69, 9.17) is 4.42 Å². The second-order valence-electron chi connectivity index (χ2n) is 8.47. The predicted octanol–water partition coefficient (Wildman–Crippen LogP) is 6.85. The Balaban J connectivity index is 1.46. The molecule has 0 amide bonds. The molecule has 33 heavy (non-hydrogen) atoms. The molecule has 0 aliphatic heterocycles. The van der Waals surface area contributed by atoms with E-state index in [1.165, 1.54) is 0 Å². The molecule has 1 aliphatic rings.